The van der Waals surface area contributed by atoms with Crippen molar-refractivity contribution in [1.82, 2.24) is 9.97 Å². The molecule has 0 radical (unpaired) electrons. The Morgan fingerprint density at radius 3 is 2.82 bits per heavy atom. The number of hydrogen-bond acceptors (Lipinski definition) is 4. The molecule has 0 aliphatic carbocycles. The lowest BCUT2D eigenvalue weighted by Gasteiger charge is -2.03. The Labute approximate surface area is 138 Å². The van der Waals surface area contributed by atoms with Crippen LogP contribution in [0.25, 0.3) is 11.1 Å². The summed E-state index contributed by atoms with van der Waals surface area (Å²) in [6.07, 6.45) is 5.26. The number of pyridine rings is 2. The second-order valence-electron chi connectivity index (χ2n) is 4.74. The van der Waals surface area contributed by atoms with E-state index in [1.807, 2.05) is 24.5 Å². The first kappa shape index (κ1) is 14.8. The molecule has 5 heteroatoms. The summed E-state index contributed by atoms with van der Waals surface area (Å²) in [5.41, 5.74) is 4.66. The zero-order valence-electron chi connectivity index (χ0n) is 11.9. The van der Waals surface area contributed by atoms with Crippen LogP contribution in [0.3, 0.4) is 0 Å². The normalized spacial score (nSPS) is 13.7. The standard InChI is InChI=1S/C17H12ClN3S/c1-12-10-22-11-16(21-12)4-2-13-6-15(8-19-7-13)14-3-5-17(18)20-9-14/h3,5-9,11H,10H2,1H3. The number of aromatic nitrogens is 2. The average Bonchev–Trinajstić information content (AvgIpc) is 2.54. The van der Waals surface area contributed by atoms with Gasteiger partial charge in [0.25, 0.3) is 0 Å². The summed E-state index contributed by atoms with van der Waals surface area (Å²) in [4.78, 5) is 12.7. The zero-order valence-corrected chi connectivity index (χ0v) is 13.4. The van der Waals surface area contributed by atoms with Crippen LogP contribution in [0.5, 0.6) is 0 Å². The van der Waals surface area contributed by atoms with Crippen LogP contribution in [0.2, 0.25) is 5.15 Å². The Balaban J connectivity index is 1.86. The van der Waals surface area contributed by atoms with Crippen molar-refractivity contribution in [3.8, 4) is 23.0 Å². The topological polar surface area (TPSA) is 38.1 Å². The van der Waals surface area contributed by atoms with Crippen LogP contribution in [-0.2, 0) is 0 Å². The summed E-state index contributed by atoms with van der Waals surface area (Å²) >= 11 is 7.52. The molecule has 3 rings (SSSR count). The summed E-state index contributed by atoms with van der Waals surface area (Å²) in [6, 6.07) is 5.66. The Kier molecular flexibility index (Phi) is 4.57. The lowest BCUT2D eigenvalue weighted by atomic mass is 10.1. The van der Waals surface area contributed by atoms with Gasteiger partial charge in [0.05, 0.1) is 0 Å². The molecule has 0 saturated carbocycles. The minimum atomic E-state index is 0.475. The average molecular weight is 326 g/mol. The van der Waals surface area contributed by atoms with Crippen molar-refractivity contribution in [2.45, 2.75) is 6.92 Å². The molecule has 22 heavy (non-hydrogen) atoms. The SMILES string of the molecule is CC1=NC(C#Cc2cncc(-c3ccc(Cl)nc3)c2)=CSC1. The first-order valence-electron chi connectivity index (χ1n) is 6.66. The summed E-state index contributed by atoms with van der Waals surface area (Å²) in [5.74, 6) is 7.13. The highest BCUT2D eigenvalue weighted by Crippen LogP contribution is 2.20. The highest BCUT2D eigenvalue weighted by atomic mass is 35.5. The predicted octanol–water partition coefficient (Wildman–Crippen LogP) is 4.20. The van der Waals surface area contributed by atoms with Crippen molar-refractivity contribution in [2.75, 3.05) is 5.75 Å². The van der Waals surface area contributed by atoms with Gasteiger partial charge in [-0.1, -0.05) is 17.5 Å². The minimum Gasteiger partial charge on any atom is -0.263 e. The van der Waals surface area contributed by atoms with Crippen LogP contribution in [-0.4, -0.2) is 21.4 Å². The van der Waals surface area contributed by atoms with Crippen molar-refractivity contribution in [1.29, 1.82) is 0 Å². The summed E-state index contributed by atoms with van der Waals surface area (Å²) in [5, 5.41) is 2.46. The molecule has 0 amide bonds. The zero-order chi connectivity index (χ0) is 15.4. The van der Waals surface area contributed by atoms with E-state index in [2.05, 4.69) is 26.8 Å². The van der Waals surface area contributed by atoms with Gasteiger partial charge in [-0.2, -0.15) is 0 Å². The van der Waals surface area contributed by atoms with E-state index in [1.54, 1.807) is 36.4 Å². The Hall–Kier alpha value is -2.09. The molecule has 3 heterocycles. The van der Waals surface area contributed by atoms with Gasteiger partial charge in [-0.3, -0.25) is 4.98 Å². The van der Waals surface area contributed by atoms with Gasteiger partial charge in [0.1, 0.15) is 10.9 Å². The molecule has 108 valence electrons. The number of nitrogens with zero attached hydrogens (tertiary/aromatic N) is 3. The van der Waals surface area contributed by atoms with Gasteiger partial charge in [0.2, 0.25) is 0 Å². The van der Waals surface area contributed by atoms with Gasteiger partial charge < -0.3 is 0 Å². The molecule has 0 N–H and O–H groups in total. The van der Waals surface area contributed by atoms with Crippen LogP contribution in [0.1, 0.15) is 12.5 Å². The predicted molar refractivity (Wildman–Crippen MR) is 93.0 cm³/mol. The number of halogens is 1. The van der Waals surface area contributed by atoms with Gasteiger partial charge in [-0.05, 0) is 31.0 Å². The van der Waals surface area contributed by atoms with E-state index in [1.165, 1.54) is 0 Å². The van der Waals surface area contributed by atoms with Gasteiger partial charge >= 0.3 is 0 Å². The van der Waals surface area contributed by atoms with Gasteiger partial charge in [0.15, 0.2) is 0 Å². The third kappa shape index (κ3) is 3.76. The Morgan fingerprint density at radius 2 is 2.05 bits per heavy atom. The van der Waals surface area contributed by atoms with Crippen molar-refractivity contribution in [3.63, 3.8) is 0 Å². The van der Waals surface area contributed by atoms with Crippen molar-refractivity contribution in [2.24, 2.45) is 4.99 Å². The molecule has 0 spiro atoms. The van der Waals surface area contributed by atoms with E-state index in [0.29, 0.717) is 5.15 Å². The number of aliphatic imine (C=N–C) groups is 1. The number of rotatable bonds is 1. The smallest absolute Gasteiger partial charge is 0.129 e. The van der Waals surface area contributed by atoms with E-state index in [4.69, 9.17) is 11.6 Å². The van der Waals surface area contributed by atoms with Gasteiger partial charge in [-0.15, -0.1) is 11.8 Å². The fraction of sp³-hybridized carbons (Fsp3) is 0.118. The molecular formula is C17H12ClN3S. The molecule has 0 aromatic carbocycles. The molecule has 0 unspecified atom stereocenters. The molecule has 2 aromatic heterocycles. The maximum atomic E-state index is 5.81. The summed E-state index contributed by atoms with van der Waals surface area (Å²) < 4.78 is 0. The van der Waals surface area contributed by atoms with Crippen molar-refractivity contribution in [3.05, 3.63) is 58.6 Å². The largest absolute Gasteiger partial charge is 0.263 e. The minimum absolute atomic E-state index is 0.475. The van der Waals surface area contributed by atoms with Gasteiger partial charge in [0, 0.05) is 52.2 Å². The lowest BCUT2D eigenvalue weighted by molar-refractivity contribution is 1.29. The molecule has 3 nitrogen and oxygen atoms in total. The second kappa shape index (κ2) is 6.78. The number of hydrogen-bond donors (Lipinski definition) is 0. The van der Waals surface area contributed by atoms with Crippen LogP contribution in [0.15, 0.2) is 52.9 Å². The van der Waals surface area contributed by atoms with Crippen molar-refractivity contribution < 1.29 is 0 Å². The molecule has 0 atom stereocenters. The fourth-order valence-corrected chi connectivity index (χ4v) is 2.68. The number of thioether (sulfide) groups is 1. The Bertz CT molecular complexity index is 814. The molecule has 2 aromatic rings. The van der Waals surface area contributed by atoms with E-state index in [0.717, 1.165) is 33.9 Å². The molecule has 0 saturated heterocycles. The molecular weight excluding hydrogens is 314 g/mol. The van der Waals surface area contributed by atoms with Crippen molar-refractivity contribution >= 4 is 29.1 Å². The van der Waals surface area contributed by atoms with Crippen LogP contribution in [0.4, 0.5) is 0 Å². The van der Waals surface area contributed by atoms with Crippen LogP contribution in [0, 0.1) is 11.8 Å². The fourth-order valence-electron chi connectivity index (χ4n) is 1.91. The third-order valence-corrected chi connectivity index (χ3v) is 4.13. The molecule has 0 fully saturated rings. The highest BCUT2D eigenvalue weighted by molar-refractivity contribution is 8.02. The first-order chi connectivity index (χ1) is 10.7. The maximum Gasteiger partial charge on any atom is 0.129 e. The lowest BCUT2D eigenvalue weighted by Crippen LogP contribution is -1.98. The summed E-state index contributed by atoms with van der Waals surface area (Å²) in [7, 11) is 0. The van der Waals surface area contributed by atoms with E-state index >= 15 is 0 Å². The second-order valence-corrected chi connectivity index (χ2v) is 5.99. The van der Waals surface area contributed by atoms with E-state index in [-0.39, 0.29) is 0 Å². The van der Waals surface area contributed by atoms with E-state index in [9.17, 15) is 0 Å². The van der Waals surface area contributed by atoms with E-state index < -0.39 is 0 Å². The number of allylic oxidation sites excluding steroid dienone is 1. The highest BCUT2D eigenvalue weighted by Gasteiger charge is 2.02. The molecule has 1 aliphatic rings. The maximum absolute atomic E-state index is 5.81. The van der Waals surface area contributed by atoms with Gasteiger partial charge in [-0.25, -0.2) is 9.98 Å². The summed E-state index contributed by atoms with van der Waals surface area (Å²) in [6.45, 7) is 2.01. The molecule has 1 aliphatic heterocycles. The van der Waals surface area contributed by atoms with Crippen LogP contribution >= 0.6 is 23.4 Å². The third-order valence-electron chi connectivity index (χ3n) is 2.93. The quantitative estimate of drug-likeness (QED) is 0.582. The Morgan fingerprint density at radius 1 is 1.14 bits per heavy atom. The monoisotopic (exact) mass is 325 g/mol. The van der Waals surface area contributed by atoms with Crippen LogP contribution < -0.4 is 0 Å². The first-order valence-corrected chi connectivity index (χ1v) is 8.08. The molecule has 0 bridgehead atoms.